The molecule has 33 heavy (non-hydrogen) atoms. The van der Waals surface area contributed by atoms with Crippen molar-refractivity contribution < 1.29 is 14.3 Å². The first-order valence-corrected chi connectivity index (χ1v) is 12.1. The first kappa shape index (κ1) is 22.1. The fraction of sp³-hybridized carbons (Fsp3) is 0.348. The number of nitrogens with one attached hydrogen (secondary N) is 2. The molecule has 2 aliphatic rings. The Kier molecular flexibility index (Phi) is 6.43. The quantitative estimate of drug-likeness (QED) is 0.550. The third-order valence-electron chi connectivity index (χ3n) is 5.79. The fourth-order valence-electron chi connectivity index (χ4n) is 4.08. The molecule has 1 saturated heterocycles. The van der Waals surface area contributed by atoms with Crippen LogP contribution in [-0.2, 0) is 9.53 Å². The van der Waals surface area contributed by atoms with Gasteiger partial charge in [-0.15, -0.1) is 10.2 Å². The highest BCUT2D eigenvalue weighted by atomic mass is 35.5. The van der Waals surface area contributed by atoms with Gasteiger partial charge in [0.25, 0.3) is 0 Å². The number of fused-ring (bicyclic) bond motifs is 1. The minimum atomic E-state index is -0.476. The molecule has 3 atom stereocenters. The van der Waals surface area contributed by atoms with Crippen molar-refractivity contribution in [2.45, 2.75) is 35.4 Å². The number of thioether (sulfide) groups is 1. The van der Waals surface area contributed by atoms with Crippen molar-refractivity contribution >= 4 is 29.3 Å². The van der Waals surface area contributed by atoms with E-state index in [0.717, 1.165) is 30.6 Å². The number of methoxy groups -OCH3 is 1. The third-order valence-corrected chi connectivity index (χ3v) is 7.30. The molecular weight excluding hydrogens is 462 g/mol. The number of nitrogens with zero attached hydrogens (tertiary/aromatic N) is 3. The van der Waals surface area contributed by atoms with E-state index in [0.29, 0.717) is 28.3 Å². The highest BCUT2D eigenvalue weighted by molar-refractivity contribution is 8.00. The fourth-order valence-corrected chi connectivity index (χ4v) is 5.45. The monoisotopic (exact) mass is 485 g/mol. The molecule has 0 aliphatic carbocycles. The van der Waals surface area contributed by atoms with Gasteiger partial charge in [0.2, 0.25) is 11.1 Å². The number of rotatable bonds is 6. The largest absolute Gasteiger partial charge is 0.495 e. The summed E-state index contributed by atoms with van der Waals surface area (Å²) >= 11 is 7.80. The maximum atomic E-state index is 13.3. The molecule has 2 N–H and O–H groups in total. The third kappa shape index (κ3) is 4.53. The van der Waals surface area contributed by atoms with E-state index >= 15 is 0 Å². The van der Waals surface area contributed by atoms with E-state index < -0.39 is 5.25 Å². The molecule has 8 nitrogen and oxygen atoms in total. The van der Waals surface area contributed by atoms with Gasteiger partial charge in [0.1, 0.15) is 11.0 Å². The number of ether oxygens (including phenoxy) is 2. The Hall–Kier alpha value is -2.75. The van der Waals surface area contributed by atoms with E-state index in [1.165, 1.54) is 11.8 Å². The Labute approximate surface area is 201 Å². The summed E-state index contributed by atoms with van der Waals surface area (Å²) in [6.45, 7) is 1.24. The maximum Gasteiger partial charge on any atom is 0.236 e. The van der Waals surface area contributed by atoms with Crippen LogP contribution in [0.4, 0.5) is 0 Å². The van der Waals surface area contributed by atoms with E-state index in [-0.39, 0.29) is 18.1 Å². The highest BCUT2D eigenvalue weighted by Gasteiger charge is 2.38. The summed E-state index contributed by atoms with van der Waals surface area (Å²) in [5.41, 5.74) is 5.26. The molecule has 0 unspecified atom stereocenters. The summed E-state index contributed by atoms with van der Waals surface area (Å²) < 4.78 is 12.8. The standard InChI is InChI=1S/C23H24ClN5O3S/c1-31-18-10-9-15(12-17(18)24)19-20(22(30)25-13-16-8-5-11-32-16)33-23-27-26-21(29(23)28-19)14-6-3-2-4-7-14/h2-4,6-7,9-10,12,16,19-20,28H,5,8,11,13H2,1H3,(H,25,30)/t16-,19+,20+/m1/s1. The molecule has 10 heteroatoms. The average molecular weight is 486 g/mol. The average Bonchev–Trinajstić information content (AvgIpc) is 3.52. The van der Waals surface area contributed by atoms with Crippen LogP contribution in [0.5, 0.6) is 5.75 Å². The van der Waals surface area contributed by atoms with Crippen LogP contribution >= 0.6 is 23.4 Å². The zero-order valence-corrected chi connectivity index (χ0v) is 19.6. The Morgan fingerprint density at radius 3 is 2.88 bits per heavy atom. The lowest BCUT2D eigenvalue weighted by Crippen LogP contribution is -2.45. The molecule has 3 heterocycles. The second-order valence-corrected chi connectivity index (χ2v) is 9.44. The molecule has 2 aliphatic heterocycles. The Morgan fingerprint density at radius 1 is 1.30 bits per heavy atom. The van der Waals surface area contributed by atoms with Crippen molar-refractivity contribution in [1.29, 1.82) is 0 Å². The summed E-state index contributed by atoms with van der Waals surface area (Å²) in [5.74, 6) is 1.18. The SMILES string of the molecule is COc1ccc([C@@H]2Nn3c(nnc3-c3ccccc3)S[C@@H]2C(=O)NC[C@H]2CCCO2)cc1Cl. The first-order valence-electron chi connectivity index (χ1n) is 10.8. The maximum absolute atomic E-state index is 13.3. The predicted octanol–water partition coefficient (Wildman–Crippen LogP) is 3.66. The predicted molar refractivity (Wildman–Crippen MR) is 127 cm³/mol. The summed E-state index contributed by atoms with van der Waals surface area (Å²) in [6.07, 6.45) is 2.05. The molecule has 2 aromatic carbocycles. The lowest BCUT2D eigenvalue weighted by molar-refractivity contribution is -0.121. The minimum Gasteiger partial charge on any atom is -0.495 e. The van der Waals surface area contributed by atoms with Gasteiger partial charge >= 0.3 is 0 Å². The zero-order valence-electron chi connectivity index (χ0n) is 18.0. The smallest absolute Gasteiger partial charge is 0.236 e. The van der Waals surface area contributed by atoms with Crippen LogP contribution in [0.25, 0.3) is 11.4 Å². The van der Waals surface area contributed by atoms with Gasteiger partial charge in [-0.05, 0) is 30.5 Å². The van der Waals surface area contributed by atoms with Gasteiger partial charge in [-0.1, -0.05) is 59.8 Å². The van der Waals surface area contributed by atoms with Crippen molar-refractivity contribution in [1.82, 2.24) is 20.2 Å². The Morgan fingerprint density at radius 2 is 2.15 bits per heavy atom. The van der Waals surface area contributed by atoms with Crippen LogP contribution in [0.2, 0.25) is 5.02 Å². The van der Waals surface area contributed by atoms with Gasteiger partial charge in [0.15, 0.2) is 5.82 Å². The molecule has 0 spiro atoms. The van der Waals surface area contributed by atoms with Gasteiger partial charge in [-0.25, -0.2) is 4.68 Å². The van der Waals surface area contributed by atoms with Crippen molar-refractivity contribution in [2.75, 3.05) is 25.7 Å². The second kappa shape index (κ2) is 9.62. The molecule has 1 aromatic heterocycles. The van der Waals surface area contributed by atoms with E-state index in [2.05, 4.69) is 20.9 Å². The number of amides is 1. The summed E-state index contributed by atoms with van der Waals surface area (Å²) in [5, 5.41) is 12.4. The van der Waals surface area contributed by atoms with Crippen LogP contribution in [0, 0.1) is 0 Å². The van der Waals surface area contributed by atoms with E-state index in [9.17, 15) is 4.79 Å². The first-order chi connectivity index (χ1) is 16.1. The van der Waals surface area contributed by atoms with Gasteiger partial charge in [-0.2, -0.15) is 0 Å². The van der Waals surface area contributed by atoms with Crippen LogP contribution in [0.1, 0.15) is 24.4 Å². The summed E-state index contributed by atoms with van der Waals surface area (Å²) in [6, 6.07) is 15.0. The minimum absolute atomic E-state index is 0.0673. The topological polar surface area (TPSA) is 90.3 Å². The van der Waals surface area contributed by atoms with Crippen molar-refractivity contribution in [3.8, 4) is 17.1 Å². The van der Waals surface area contributed by atoms with E-state index in [1.807, 2.05) is 53.2 Å². The molecule has 1 fully saturated rings. The number of carbonyl (C=O) groups excluding carboxylic acids is 1. The van der Waals surface area contributed by atoms with Gasteiger partial charge < -0.3 is 20.2 Å². The van der Waals surface area contributed by atoms with Gasteiger partial charge in [0, 0.05) is 18.7 Å². The molecule has 5 rings (SSSR count). The van der Waals surface area contributed by atoms with Crippen LogP contribution in [-0.4, -0.2) is 52.4 Å². The zero-order chi connectivity index (χ0) is 22.8. The number of hydrogen-bond acceptors (Lipinski definition) is 7. The molecule has 0 saturated carbocycles. The van der Waals surface area contributed by atoms with Crippen LogP contribution in [0.3, 0.4) is 0 Å². The van der Waals surface area contributed by atoms with Crippen molar-refractivity contribution in [3.63, 3.8) is 0 Å². The lowest BCUT2D eigenvalue weighted by Gasteiger charge is -2.33. The molecule has 0 radical (unpaired) electrons. The normalized spacial score (nSPS) is 21.8. The number of aromatic nitrogens is 3. The van der Waals surface area contributed by atoms with Gasteiger partial charge in [0.05, 0.1) is 24.3 Å². The Balaban J connectivity index is 1.47. The van der Waals surface area contributed by atoms with Gasteiger partial charge in [-0.3, -0.25) is 4.79 Å². The van der Waals surface area contributed by atoms with E-state index in [4.69, 9.17) is 21.1 Å². The molecular formula is C23H24ClN5O3S. The molecule has 3 aromatic rings. The highest BCUT2D eigenvalue weighted by Crippen LogP contribution is 2.40. The lowest BCUT2D eigenvalue weighted by atomic mass is 10.0. The van der Waals surface area contributed by atoms with Crippen LogP contribution in [0.15, 0.2) is 53.7 Å². The summed E-state index contributed by atoms with van der Waals surface area (Å²) in [7, 11) is 1.58. The van der Waals surface area contributed by atoms with Crippen LogP contribution < -0.4 is 15.5 Å². The Bertz CT molecular complexity index is 1140. The number of benzene rings is 2. The summed E-state index contributed by atoms with van der Waals surface area (Å²) in [4.78, 5) is 13.3. The number of hydrogen-bond donors (Lipinski definition) is 2. The van der Waals surface area contributed by atoms with Crippen molar-refractivity contribution in [3.05, 3.63) is 59.1 Å². The number of halogens is 1. The number of carbonyl (C=O) groups is 1. The van der Waals surface area contributed by atoms with E-state index in [1.54, 1.807) is 7.11 Å². The molecule has 1 amide bonds. The van der Waals surface area contributed by atoms with Crippen molar-refractivity contribution in [2.24, 2.45) is 0 Å². The molecule has 0 bridgehead atoms. The molecule has 172 valence electrons. The second-order valence-electron chi connectivity index (χ2n) is 7.93.